The Morgan fingerprint density at radius 1 is 1.35 bits per heavy atom. The van der Waals surface area contributed by atoms with E-state index < -0.39 is 29.4 Å². The molecule has 0 heterocycles. The van der Waals surface area contributed by atoms with Crippen LogP contribution >= 0.6 is 0 Å². The molecule has 8 heteroatoms. The lowest BCUT2D eigenvalue weighted by Gasteiger charge is -2.40. The van der Waals surface area contributed by atoms with Crippen molar-refractivity contribution in [3.8, 4) is 0 Å². The standard InChI is InChI=1S/C15H19F3N2O3/c1-14(2,3)20(13(22)23)12(8-19-9-21)10-5-4-6-11(7-10)15(16,17)18/h4-7,9,12H,8H2,1-3H3,(H,19,21)(H,22,23). The molecule has 2 N–H and O–H groups in total. The fourth-order valence-electron chi connectivity index (χ4n) is 2.33. The van der Waals surface area contributed by atoms with Gasteiger partial charge in [0.1, 0.15) is 0 Å². The van der Waals surface area contributed by atoms with E-state index in [9.17, 15) is 27.9 Å². The number of carbonyl (C=O) groups excluding carboxylic acids is 1. The SMILES string of the molecule is CC(C)(C)N(C(=O)O)C(CNC=O)c1cccc(C(F)(F)F)c1. The second-order valence-corrected chi connectivity index (χ2v) is 5.99. The van der Waals surface area contributed by atoms with E-state index in [-0.39, 0.29) is 12.1 Å². The summed E-state index contributed by atoms with van der Waals surface area (Å²) in [5.41, 5.74) is -1.58. The van der Waals surface area contributed by atoms with Gasteiger partial charge < -0.3 is 10.4 Å². The van der Waals surface area contributed by atoms with Crippen LogP contribution in [0.15, 0.2) is 24.3 Å². The molecule has 23 heavy (non-hydrogen) atoms. The molecule has 0 aliphatic carbocycles. The lowest BCUT2D eigenvalue weighted by Crippen LogP contribution is -2.49. The Hall–Kier alpha value is -2.25. The van der Waals surface area contributed by atoms with Gasteiger partial charge in [-0.05, 0) is 38.5 Å². The maximum absolute atomic E-state index is 12.9. The van der Waals surface area contributed by atoms with Crippen LogP contribution in [0.5, 0.6) is 0 Å². The maximum Gasteiger partial charge on any atom is 0.416 e. The van der Waals surface area contributed by atoms with E-state index in [0.29, 0.717) is 6.41 Å². The fraction of sp³-hybridized carbons (Fsp3) is 0.467. The Morgan fingerprint density at radius 2 is 1.96 bits per heavy atom. The molecule has 1 atom stereocenters. The number of carbonyl (C=O) groups is 2. The number of nitrogens with zero attached hydrogens (tertiary/aromatic N) is 1. The molecule has 0 fully saturated rings. The normalized spacial score (nSPS) is 13.3. The zero-order valence-electron chi connectivity index (χ0n) is 13.0. The van der Waals surface area contributed by atoms with Crippen molar-refractivity contribution in [2.45, 2.75) is 38.5 Å². The Morgan fingerprint density at radius 3 is 2.39 bits per heavy atom. The second kappa shape index (κ2) is 6.89. The van der Waals surface area contributed by atoms with Crippen LogP contribution in [-0.2, 0) is 11.0 Å². The molecular weight excluding hydrogens is 313 g/mol. The molecule has 0 aliphatic rings. The Bertz CT molecular complexity index is 568. The highest BCUT2D eigenvalue weighted by atomic mass is 19.4. The number of carboxylic acid groups (broad SMARTS) is 1. The van der Waals surface area contributed by atoms with Crippen molar-refractivity contribution >= 4 is 12.5 Å². The number of amides is 2. The van der Waals surface area contributed by atoms with Crippen LogP contribution in [0.4, 0.5) is 18.0 Å². The Balaban J connectivity index is 3.36. The summed E-state index contributed by atoms with van der Waals surface area (Å²) in [6, 6.07) is 3.50. The van der Waals surface area contributed by atoms with E-state index in [1.54, 1.807) is 20.8 Å². The van der Waals surface area contributed by atoms with Crippen molar-refractivity contribution in [3.05, 3.63) is 35.4 Å². The molecule has 1 rings (SSSR count). The van der Waals surface area contributed by atoms with Crippen LogP contribution in [0, 0.1) is 0 Å². The first-order valence-electron chi connectivity index (χ1n) is 6.85. The maximum atomic E-state index is 12.9. The van der Waals surface area contributed by atoms with Crippen molar-refractivity contribution in [1.82, 2.24) is 10.2 Å². The zero-order valence-corrected chi connectivity index (χ0v) is 13.0. The highest BCUT2D eigenvalue weighted by Gasteiger charge is 2.36. The quantitative estimate of drug-likeness (QED) is 0.813. The van der Waals surface area contributed by atoms with Gasteiger partial charge in [-0.2, -0.15) is 13.2 Å². The molecule has 0 saturated carbocycles. The van der Waals surface area contributed by atoms with E-state index in [2.05, 4.69) is 5.32 Å². The molecule has 5 nitrogen and oxygen atoms in total. The molecule has 2 amide bonds. The van der Waals surface area contributed by atoms with Gasteiger partial charge in [-0.15, -0.1) is 0 Å². The lowest BCUT2D eigenvalue weighted by molar-refractivity contribution is -0.137. The number of hydrogen-bond acceptors (Lipinski definition) is 2. The van der Waals surface area contributed by atoms with E-state index in [1.165, 1.54) is 12.1 Å². The summed E-state index contributed by atoms with van der Waals surface area (Å²) in [4.78, 5) is 23.2. The van der Waals surface area contributed by atoms with Crippen molar-refractivity contribution in [3.63, 3.8) is 0 Å². The summed E-state index contributed by atoms with van der Waals surface area (Å²) in [6.45, 7) is 4.75. The first kappa shape index (κ1) is 18.8. The molecule has 1 unspecified atom stereocenters. The highest BCUT2D eigenvalue weighted by Crippen LogP contribution is 2.33. The predicted molar refractivity (Wildman–Crippen MR) is 77.9 cm³/mol. The molecule has 0 spiro atoms. The smallest absolute Gasteiger partial charge is 0.416 e. The number of rotatable bonds is 5. The molecule has 0 radical (unpaired) electrons. The lowest BCUT2D eigenvalue weighted by atomic mass is 9.97. The monoisotopic (exact) mass is 332 g/mol. The van der Waals surface area contributed by atoms with Crippen LogP contribution in [-0.4, -0.2) is 34.6 Å². The minimum Gasteiger partial charge on any atom is -0.465 e. The summed E-state index contributed by atoms with van der Waals surface area (Å²) >= 11 is 0. The summed E-state index contributed by atoms with van der Waals surface area (Å²) in [7, 11) is 0. The van der Waals surface area contributed by atoms with Gasteiger partial charge in [-0.3, -0.25) is 9.69 Å². The first-order valence-corrected chi connectivity index (χ1v) is 6.85. The minimum absolute atomic E-state index is 0.131. The Labute approximate surface area is 132 Å². The molecule has 0 saturated heterocycles. The van der Waals surface area contributed by atoms with Gasteiger partial charge in [0.2, 0.25) is 6.41 Å². The van der Waals surface area contributed by atoms with E-state index >= 15 is 0 Å². The number of halogens is 3. The average molecular weight is 332 g/mol. The van der Waals surface area contributed by atoms with Crippen LogP contribution in [0.3, 0.4) is 0 Å². The molecule has 1 aromatic rings. The van der Waals surface area contributed by atoms with Crippen molar-refractivity contribution in [1.29, 1.82) is 0 Å². The summed E-state index contributed by atoms with van der Waals surface area (Å²) in [6.07, 6.45) is -5.44. The van der Waals surface area contributed by atoms with Gasteiger partial charge in [0.25, 0.3) is 0 Å². The second-order valence-electron chi connectivity index (χ2n) is 5.99. The average Bonchev–Trinajstić information content (AvgIpc) is 2.40. The number of benzene rings is 1. The van der Waals surface area contributed by atoms with E-state index in [4.69, 9.17) is 0 Å². The first-order chi connectivity index (χ1) is 10.5. The molecule has 128 valence electrons. The van der Waals surface area contributed by atoms with Gasteiger partial charge in [0.05, 0.1) is 11.6 Å². The number of hydrogen-bond donors (Lipinski definition) is 2. The topological polar surface area (TPSA) is 69.6 Å². The van der Waals surface area contributed by atoms with Gasteiger partial charge >= 0.3 is 12.3 Å². The van der Waals surface area contributed by atoms with Crippen molar-refractivity contribution in [2.24, 2.45) is 0 Å². The van der Waals surface area contributed by atoms with E-state index in [0.717, 1.165) is 17.0 Å². The van der Waals surface area contributed by atoms with Gasteiger partial charge in [0, 0.05) is 12.1 Å². The summed E-state index contributed by atoms with van der Waals surface area (Å²) in [5.74, 6) is 0. The molecule has 0 aromatic heterocycles. The van der Waals surface area contributed by atoms with Gasteiger partial charge in [0.15, 0.2) is 0 Å². The largest absolute Gasteiger partial charge is 0.465 e. The van der Waals surface area contributed by atoms with E-state index in [1.807, 2.05) is 0 Å². The van der Waals surface area contributed by atoms with Gasteiger partial charge in [-0.1, -0.05) is 12.1 Å². The number of alkyl halides is 3. The minimum atomic E-state index is -4.53. The summed E-state index contributed by atoms with van der Waals surface area (Å²) < 4.78 is 38.6. The molecule has 1 aromatic carbocycles. The summed E-state index contributed by atoms with van der Waals surface area (Å²) in [5, 5.41) is 11.8. The van der Waals surface area contributed by atoms with Crippen LogP contribution in [0.25, 0.3) is 0 Å². The fourth-order valence-corrected chi connectivity index (χ4v) is 2.33. The van der Waals surface area contributed by atoms with Crippen molar-refractivity contribution < 1.29 is 27.9 Å². The van der Waals surface area contributed by atoms with Crippen LogP contribution in [0.2, 0.25) is 0 Å². The third-order valence-corrected chi connectivity index (χ3v) is 3.23. The highest BCUT2D eigenvalue weighted by molar-refractivity contribution is 5.67. The van der Waals surface area contributed by atoms with Crippen LogP contribution < -0.4 is 5.32 Å². The third kappa shape index (κ3) is 4.87. The molecule has 0 aliphatic heterocycles. The number of nitrogens with one attached hydrogen (secondary N) is 1. The molecular formula is C15H19F3N2O3. The molecule has 0 bridgehead atoms. The Kier molecular flexibility index (Phi) is 5.63. The van der Waals surface area contributed by atoms with Crippen LogP contribution in [0.1, 0.15) is 37.9 Å². The third-order valence-electron chi connectivity index (χ3n) is 3.23. The predicted octanol–water partition coefficient (Wildman–Crippen LogP) is 3.27. The van der Waals surface area contributed by atoms with Gasteiger partial charge in [-0.25, -0.2) is 4.79 Å². The van der Waals surface area contributed by atoms with Crippen molar-refractivity contribution in [2.75, 3.05) is 6.54 Å². The zero-order chi connectivity index (χ0) is 17.8.